The van der Waals surface area contributed by atoms with Crippen molar-refractivity contribution in [3.63, 3.8) is 0 Å². The Balaban J connectivity index is 1.39. The molecule has 0 aromatic heterocycles. The second-order valence-electron chi connectivity index (χ2n) is 12.9. The minimum absolute atomic E-state index is 0.0333. The lowest BCUT2D eigenvalue weighted by Crippen LogP contribution is -2.63. The van der Waals surface area contributed by atoms with Crippen molar-refractivity contribution in [3.8, 4) is 5.75 Å². The number of hydrogen-bond donors (Lipinski definition) is 0. The molecule has 1 aromatic carbocycles. The monoisotopic (exact) mass is 684 g/mol. The third-order valence-corrected chi connectivity index (χ3v) is 11.8. The molecule has 4 aliphatic carbocycles. The Labute approximate surface area is 258 Å². The molecule has 1 spiro atoms. The number of allylic oxidation sites excluding steroid dienone is 6. The van der Waals surface area contributed by atoms with Gasteiger partial charge in [0, 0.05) is 30.1 Å². The number of Topliss-reactive ketones (excluding diaryl/α,β-unsaturated/α-hetero) is 1. The molecule has 2 heterocycles. The number of fused-ring (bicyclic) bond motifs is 5. The van der Waals surface area contributed by atoms with Gasteiger partial charge in [0.2, 0.25) is 0 Å². The molecule has 252 valence electrons. The van der Waals surface area contributed by atoms with Crippen LogP contribution in [-0.2, 0) is 32.5 Å². The van der Waals surface area contributed by atoms with E-state index in [2.05, 4.69) is 10.3 Å². The normalized spacial score (nSPS) is 28.7. The molecule has 0 unspecified atom stereocenters. The van der Waals surface area contributed by atoms with Gasteiger partial charge in [-0.1, -0.05) is 30.2 Å². The second-order valence-corrected chi connectivity index (χ2v) is 14.5. The number of carbonyl (C=O) groups excluding carboxylic acids is 1. The Bertz CT molecular complexity index is 1690. The lowest BCUT2D eigenvalue weighted by atomic mass is 9.54. The molecule has 1 saturated carbocycles. The van der Waals surface area contributed by atoms with E-state index < -0.39 is 50.0 Å². The molecule has 46 heavy (non-hydrogen) atoms. The first-order valence-electron chi connectivity index (χ1n) is 14.7. The smallest absolute Gasteiger partial charge is 0.460 e. The molecule has 15 heteroatoms. The highest BCUT2D eigenvalue weighted by Crippen LogP contribution is 2.62. The number of benzene rings is 1. The van der Waals surface area contributed by atoms with Crippen molar-refractivity contribution in [2.75, 3.05) is 6.61 Å². The van der Waals surface area contributed by atoms with E-state index in [1.807, 2.05) is 13.0 Å². The van der Waals surface area contributed by atoms with Gasteiger partial charge in [0.15, 0.2) is 0 Å². The summed E-state index contributed by atoms with van der Waals surface area (Å²) in [5, 5.41) is -6.97. The standard InChI is InChI=1S/C31H29F9O5S/c1-26-11-9-24-22(23(26)6-7-25(26)41)5-3-19-15-20-8-12-27(19,24)16-18-14-21(4-2-17(18)10-13-44-20)45-46(42,43)31(39,40)29(34,35)28(32,33)30(36,37)38/h2-4,14-15,23H,5-13,16H2,1H3/t23-,26-,27+/m0/s1. The Morgan fingerprint density at radius 2 is 1.63 bits per heavy atom. The maximum absolute atomic E-state index is 14.4. The van der Waals surface area contributed by atoms with Gasteiger partial charge >= 0.3 is 33.4 Å². The van der Waals surface area contributed by atoms with Crippen LogP contribution in [0.4, 0.5) is 39.5 Å². The minimum atomic E-state index is -7.40. The van der Waals surface area contributed by atoms with E-state index in [9.17, 15) is 52.7 Å². The molecule has 2 bridgehead atoms. The summed E-state index contributed by atoms with van der Waals surface area (Å²) >= 11 is 0. The van der Waals surface area contributed by atoms with Gasteiger partial charge in [-0.3, -0.25) is 4.79 Å². The molecule has 6 aliphatic rings. The number of hydrogen-bond acceptors (Lipinski definition) is 5. The summed E-state index contributed by atoms with van der Waals surface area (Å²) in [6.45, 7) is 2.17. The van der Waals surface area contributed by atoms with Gasteiger partial charge in [-0.05, 0) is 79.4 Å². The zero-order valence-corrected chi connectivity index (χ0v) is 25.2. The van der Waals surface area contributed by atoms with E-state index in [-0.39, 0.29) is 31.1 Å². The Hall–Kier alpha value is -2.97. The zero-order chi connectivity index (χ0) is 33.7. The van der Waals surface area contributed by atoms with Crippen LogP contribution < -0.4 is 4.18 Å². The molecule has 1 fully saturated rings. The maximum atomic E-state index is 14.4. The van der Waals surface area contributed by atoms with Crippen LogP contribution in [0.1, 0.15) is 63.0 Å². The maximum Gasteiger partial charge on any atom is 0.460 e. The summed E-state index contributed by atoms with van der Waals surface area (Å²) in [5.74, 6) is -14.7. The van der Waals surface area contributed by atoms with Crippen molar-refractivity contribution >= 4 is 15.9 Å². The lowest BCUT2D eigenvalue weighted by molar-refractivity contribution is -0.382. The topological polar surface area (TPSA) is 69.7 Å². The fourth-order valence-corrected chi connectivity index (χ4v) is 8.87. The first kappa shape index (κ1) is 33.0. The molecule has 0 N–H and O–H groups in total. The summed E-state index contributed by atoms with van der Waals surface area (Å²) in [7, 11) is -7.10. The summed E-state index contributed by atoms with van der Waals surface area (Å²) < 4.78 is 156. The van der Waals surface area contributed by atoms with E-state index in [1.165, 1.54) is 6.07 Å². The Morgan fingerprint density at radius 1 is 0.913 bits per heavy atom. The van der Waals surface area contributed by atoms with Crippen molar-refractivity contribution in [1.82, 2.24) is 0 Å². The van der Waals surface area contributed by atoms with Crippen molar-refractivity contribution < 1.29 is 61.6 Å². The van der Waals surface area contributed by atoms with Crippen molar-refractivity contribution in [3.05, 3.63) is 64.0 Å². The van der Waals surface area contributed by atoms with E-state index in [0.717, 1.165) is 34.6 Å². The number of ketones is 1. The van der Waals surface area contributed by atoms with Crippen LogP contribution in [0.15, 0.2) is 52.8 Å². The first-order valence-corrected chi connectivity index (χ1v) is 16.1. The molecule has 0 amide bonds. The second kappa shape index (κ2) is 10.3. The van der Waals surface area contributed by atoms with Gasteiger partial charge in [0.25, 0.3) is 0 Å². The average Bonchev–Trinajstić information content (AvgIpc) is 3.27. The van der Waals surface area contributed by atoms with Crippen LogP contribution >= 0.6 is 0 Å². The van der Waals surface area contributed by atoms with E-state index >= 15 is 0 Å². The largest absolute Gasteiger partial charge is 0.498 e. The van der Waals surface area contributed by atoms with Gasteiger partial charge in [-0.2, -0.15) is 47.9 Å². The van der Waals surface area contributed by atoms with Crippen LogP contribution in [0.2, 0.25) is 0 Å². The van der Waals surface area contributed by atoms with Gasteiger partial charge in [0.05, 0.1) is 12.4 Å². The molecule has 0 saturated heterocycles. The summed E-state index contributed by atoms with van der Waals surface area (Å²) in [6.07, 6.45) is 1.39. The van der Waals surface area contributed by atoms with Gasteiger partial charge < -0.3 is 8.92 Å². The van der Waals surface area contributed by atoms with E-state index in [4.69, 9.17) is 4.74 Å². The van der Waals surface area contributed by atoms with Crippen molar-refractivity contribution in [2.24, 2.45) is 16.7 Å². The van der Waals surface area contributed by atoms with Crippen LogP contribution in [0.5, 0.6) is 5.75 Å². The fourth-order valence-electron chi connectivity index (χ4n) is 7.97. The van der Waals surface area contributed by atoms with Crippen LogP contribution in [0.3, 0.4) is 0 Å². The number of ether oxygens (including phenoxy) is 1. The zero-order valence-electron chi connectivity index (χ0n) is 24.4. The highest BCUT2D eigenvalue weighted by atomic mass is 32.2. The average molecular weight is 685 g/mol. The van der Waals surface area contributed by atoms with Crippen LogP contribution in [-0.4, -0.2) is 44.1 Å². The number of alkyl halides is 9. The Kier molecular flexibility index (Phi) is 7.35. The fraction of sp³-hybridized carbons (Fsp3) is 0.581. The minimum Gasteiger partial charge on any atom is -0.498 e. The third-order valence-electron chi connectivity index (χ3n) is 10.5. The molecular weight excluding hydrogens is 655 g/mol. The lowest BCUT2D eigenvalue weighted by Gasteiger charge is -2.50. The van der Waals surface area contributed by atoms with E-state index in [1.54, 1.807) is 0 Å². The number of halogens is 9. The highest BCUT2D eigenvalue weighted by Gasteiger charge is 2.86. The quantitative estimate of drug-likeness (QED) is 0.179. The van der Waals surface area contributed by atoms with Crippen LogP contribution in [0, 0.1) is 16.7 Å². The Morgan fingerprint density at radius 3 is 2.33 bits per heavy atom. The molecule has 1 aromatic rings. The summed E-state index contributed by atoms with van der Waals surface area (Å²) in [4.78, 5) is 12.9. The molecule has 3 atom stereocenters. The summed E-state index contributed by atoms with van der Waals surface area (Å²) in [6, 6.07) is 3.14. The van der Waals surface area contributed by atoms with E-state index in [0.29, 0.717) is 56.1 Å². The first-order chi connectivity index (χ1) is 21.2. The van der Waals surface area contributed by atoms with Gasteiger partial charge in [0.1, 0.15) is 11.5 Å². The van der Waals surface area contributed by atoms with Gasteiger partial charge in [-0.15, -0.1) is 0 Å². The molecule has 7 rings (SSSR count). The van der Waals surface area contributed by atoms with Crippen molar-refractivity contribution in [2.45, 2.75) is 88.0 Å². The van der Waals surface area contributed by atoms with Crippen LogP contribution in [0.25, 0.3) is 0 Å². The van der Waals surface area contributed by atoms with Gasteiger partial charge in [-0.25, -0.2) is 0 Å². The molecular formula is C31H29F9O5S. The molecule has 0 radical (unpaired) electrons. The SMILES string of the molecule is C[C@]12CCC3=C(CC=C4C=C5CC[C@@]43Cc3cc(OS(=O)(=O)C(F)(F)C(F)(F)C(F)(F)C(F)(F)F)ccc3CCO5)[C@@H]1CCC2=O. The molecule has 2 aliphatic heterocycles. The number of carbonyl (C=O) groups is 1. The highest BCUT2D eigenvalue weighted by molar-refractivity contribution is 7.88. The third kappa shape index (κ3) is 4.56. The number of rotatable bonds is 5. The van der Waals surface area contributed by atoms with Crippen molar-refractivity contribution in [1.29, 1.82) is 0 Å². The molecule has 5 nitrogen and oxygen atoms in total. The predicted octanol–water partition coefficient (Wildman–Crippen LogP) is 8.01. The summed E-state index contributed by atoms with van der Waals surface area (Å²) in [5.41, 5.74) is 3.01. The predicted molar refractivity (Wildman–Crippen MR) is 145 cm³/mol.